The molecule has 0 saturated carbocycles. The molecule has 3 rings (SSSR count). The fourth-order valence-corrected chi connectivity index (χ4v) is 3.33. The third-order valence-corrected chi connectivity index (χ3v) is 4.73. The second-order valence-electron chi connectivity index (χ2n) is 5.62. The zero-order chi connectivity index (χ0) is 20.1. The van der Waals surface area contributed by atoms with Crippen molar-refractivity contribution in [2.24, 2.45) is 5.73 Å². The first-order valence-corrected chi connectivity index (χ1v) is 9.34. The molecule has 28 heavy (non-hydrogen) atoms. The molecule has 0 fully saturated rings. The van der Waals surface area contributed by atoms with Crippen molar-refractivity contribution in [3.05, 3.63) is 58.6 Å². The van der Waals surface area contributed by atoms with Gasteiger partial charge < -0.3 is 20.5 Å². The number of thiazole rings is 1. The lowest BCUT2D eigenvalue weighted by Gasteiger charge is -2.11. The average molecular weight is 418 g/mol. The zero-order valence-corrected chi connectivity index (χ0v) is 16.3. The third kappa shape index (κ3) is 4.79. The molecule has 0 bridgehead atoms. The van der Waals surface area contributed by atoms with Crippen LogP contribution in [-0.4, -0.2) is 30.5 Å². The average Bonchev–Trinajstić information content (AvgIpc) is 3.17. The summed E-state index contributed by atoms with van der Waals surface area (Å²) in [6, 6.07) is 12.1. The van der Waals surface area contributed by atoms with Gasteiger partial charge in [-0.15, -0.1) is 11.3 Å². The highest BCUT2D eigenvalue weighted by Crippen LogP contribution is 2.31. The Labute approximate surface area is 170 Å². The van der Waals surface area contributed by atoms with E-state index in [2.05, 4.69) is 10.3 Å². The van der Waals surface area contributed by atoms with Crippen molar-refractivity contribution in [3.63, 3.8) is 0 Å². The van der Waals surface area contributed by atoms with Crippen LogP contribution in [0, 0.1) is 0 Å². The van der Waals surface area contributed by atoms with Crippen LogP contribution < -0.4 is 20.5 Å². The molecule has 0 saturated heterocycles. The molecule has 0 unspecified atom stereocenters. The molecule has 1 aromatic heterocycles. The molecule has 0 spiro atoms. The Hall–Kier alpha value is -3.10. The van der Waals surface area contributed by atoms with Crippen LogP contribution in [0.25, 0.3) is 10.6 Å². The van der Waals surface area contributed by atoms with E-state index in [1.54, 1.807) is 35.7 Å². The summed E-state index contributed by atoms with van der Waals surface area (Å²) in [7, 11) is 1.47. The van der Waals surface area contributed by atoms with Gasteiger partial charge in [0.05, 0.1) is 7.11 Å². The van der Waals surface area contributed by atoms with Gasteiger partial charge in [0.1, 0.15) is 10.7 Å². The minimum absolute atomic E-state index is 0.274. The normalized spacial score (nSPS) is 10.4. The van der Waals surface area contributed by atoms with E-state index in [4.69, 9.17) is 26.8 Å². The van der Waals surface area contributed by atoms with Gasteiger partial charge >= 0.3 is 0 Å². The van der Waals surface area contributed by atoms with Gasteiger partial charge in [-0.2, -0.15) is 0 Å². The summed E-state index contributed by atoms with van der Waals surface area (Å²) in [5.74, 6) is -0.295. The molecule has 144 valence electrons. The summed E-state index contributed by atoms with van der Waals surface area (Å²) < 4.78 is 10.5. The molecular formula is C19H16ClN3O4S. The number of ether oxygens (including phenoxy) is 2. The van der Waals surface area contributed by atoms with Crippen molar-refractivity contribution in [2.75, 3.05) is 19.0 Å². The van der Waals surface area contributed by atoms with E-state index >= 15 is 0 Å². The lowest BCUT2D eigenvalue weighted by atomic mass is 10.2. The summed E-state index contributed by atoms with van der Waals surface area (Å²) >= 11 is 7.35. The minimum Gasteiger partial charge on any atom is -0.493 e. The Balaban J connectivity index is 1.76. The van der Waals surface area contributed by atoms with Gasteiger partial charge in [0.15, 0.2) is 18.1 Å². The fraction of sp³-hybridized carbons (Fsp3) is 0.105. The predicted octanol–water partition coefficient (Wildman–Crippen LogP) is 3.59. The summed E-state index contributed by atoms with van der Waals surface area (Å²) in [5, 5.41) is 5.69. The Morgan fingerprint density at radius 1 is 1.21 bits per heavy atom. The van der Waals surface area contributed by atoms with Crippen molar-refractivity contribution in [3.8, 4) is 22.1 Å². The quantitative estimate of drug-likeness (QED) is 0.611. The number of aromatic nitrogens is 1. The summed E-state index contributed by atoms with van der Waals surface area (Å²) in [6.45, 7) is -0.303. The van der Waals surface area contributed by atoms with Gasteiger partial charge in [0.2, 0.25) is 0 Å². The van der Waals surface area contributed by atoms with Gasteiger partial charge in [-0.25, -0.2) is 4.98 Å². The minimum atomic E-state index is -0.618. The summed E-state index contributed by atoms with van der Waals surface area (Å²) in [6.07, 6.45) is 0. The number of methoxy groups -OCH3 is 1. The monoisotopic (exact) mass is 417 g/mol. The van der Waals surface area contributed by atoms with Gasteiger partial charge in [-0.1, -0.05) is 23.7 Å². The number of halogens is 1. The molecule has 9 heteroatoms. The Morgan fingerprint density at radius 2 is 2.04 bits per heavy atom. The van der Waals surface area contributed by atoms with Crippen LogP contribution in [0.4, 0.5) is 5.69 Å². The van der Waals surface area contributed by atoms with Crippen LogP contribution in [0.1, 0.15) is 10.5 Å². The SMILES string of the molecule is COc1ccc(NC(=O)c2csc(-c3cccc(Cl)c3)n2)cc1OCC(N)=O. The van der Waals surface area contributed by atoms with E-state index < -0.39 is 5.91 Å². The van der Waals surface area contributed by atoms with E-state index in [1.165, 1.54) is 18.4 Å². The highest BCUT2D eigenvalue weighted by Gasteiger charge is 2.14. The van der Waals surface area contributed by atoms with E-state index in [1.807, 2.05) is 12.1 Å². The standard InChI is InChI=1S/C19H16ClN3O4S/c1-26-15-6-5-13(8-16(15)27-9-17(21)24)22-18(25)14-10-28-19(23-14)11-3-2-4-12(20)7-11/h2-8,10H,9H2,1H3,(H2,21,24)(H,22,25). The molecule has 2 amide bonds. The highest BCUT2D eigenvalue weighted by atomic mass is 35.5. The number of nitrogens with one attached hydrogen (secondary N) is 1. The smallest absolute Gasteiger partial charge is 0.275 e. The Kier molecular flexibility index (Phi) is 6.13. The van der Waals surface area contributed by atoms with Crippen molar-refractivity contribution < 1.29 is 19.1 Å². The Morgan fingerprint density at radius 3 is 2.75 bits per heavy atom. The first kappa shape index (κ1) is 19.7. The molecule has 2 aromatic carbocycles. The number of amides is 2. The highest BCUT2D eigenvalue weighted by molar-refractivity contribution is 7.13. The van der Waals surface area contributed by atoms with E-state index in [0.29, 0.717) is 21.5 Å². The van der Waals surface area contributed by atoms with Crippen LogP contribution >= 0.6 is 22.9 Å². The third-order valence-electron chi connectivity index (χ3n) is 3.60. The number of carbonyl (C=O) groups is 2. The molecule has 3 aromatic rings. The van der Waals surface area contributed by atoms with Gasteiger partial charge in [-0.05, 0) is 24.3 Å². The van der Waals surface area contributed by atoms with Crippen molar-refractivity contribution in [1.29, 1.82) is 0 Å². The molecule has 0 atom stereocenters. The van der Waals surface area contributed by atoms with Crippen molar-refractivity contribution >= 4 is 40.4 Å². The number of benzene rings is 2. The number of nitrogens with two attached hydrogens (primary N) is 1. The topological polar surface area (TPSA) is 104 Å². The second-order valence-corrected chi connectivity index (χ2v) is 6.92. The van der Waals surface area contributed by atoms with Crippen LogP contribution in [-0.2, 0) is 4.79 Å². The molecule has 7 nitrogen and oxygen atoms in total. The summed E-state index contributed by atoms with van der Waals surface area (Å²) in [5.41, 5.74) is 6.67. The van der Waals surface area contributed by atoms with Gasteiger partial charge in [-0.3, -0.25) is 9.59 Å². The molecule has 0 aliphatic rings. The van der Waals surface area contributed by atoms with E-state index in [0.717, 1.165) is 5.56 Å². The number of anilines is 1. The van der Waals surface area contributed by atoms with Crippen LogP contribution in [0.2, 0.25) is 5.02 Å². The molecule has 0 aliphatic heterocycles. The number of hydrogen-bond acceptors (Lipinski definition) is 6. The second kappa shape index (κ2) is 8.73. The van der Waals surface area contributed by atoms with Crippen LogP contribution in [0.5, 0.6) is 11.5 Å². The number of primary amides is 1. The largest absolute Gasteiger partial charge is 0.493 e. The lowest BCUT2D eigenvalue weighted by molar-refractivity contribution is -0.119. The number of rotatable bonds is 7. The molecular weight excluding hydrogens is 402 g/mol. The molecule has 0 radical (unpaired) electrons. The maximum Gasteiger partial charge on any atom is 0.275 e. The molecule has 3 N–H and O–H groups in total. The van der Waals surface area contributed by atoms with Crippen molar-refractivity contribution in [2.45, 2.75) is 0 Å². The summed E-state index contributed by atoms with van der Waals surface area (Å²) in [4.78, 5) is 27.8. The van der Waals surface area contributed by atoms with E-state index in [-0.39, 0.29) is 24.0 Å². The van der Waals surface area contributed by atoms with Gasteiger partial charge in [0.25, 0.3) is 11.8 Å². The maximum absolute atomic E-state index is 12.5. The van der Waals surface area contributed by atoms with Gasteiger partial charge in [0, 0.05) is 27.7 Å². The van der Waals surface area contributed by atoms with Crippen LogP contribution in [0.15, 0.2) is 47.8 Å². The maximum atomic E-state index is 12.5. The number of nitrogens with zero attached hydrogens (tertiary/aromatic N) is 1. The number of carbonyl (C=O) groups excluding carboxylic acids is 2. The Bertz CT molecular complexity index is 1020. The van der Waals surface area contributed by atoms with Crippen LogP contribution in [0.3, 0.4) is 0 Å². The zero-order valence-electron chi connectivity index (χ0n) is 14.8. The van der Waals surface area contributed by atoms with Crippen molar-refractivity contribution in [1.82, 2.24) is 4.98 Å². The fourth-order valence-electron chi connectivity index (χ4n) is 2.34. The predicted molar refractivity (Wildman–Crippen MR) is 108 cm³/mol. The number of hydrogen-bond donors (Lipinski definition) is 2. The first-order valence-electron chi connectivity index (χ1n) is 8.08. The molecule has 0 aliphatic carbocycles. The molecule has 1 heterocycles. The lowest BCUT2D eigenvalue weighted by Crippen LogP contribution is -2.20. The van der Waals surface area contributed by atoms with E-state index in [9.17, 15) is 9.59 Å². The first-order chi connectivity index (χ1) is 13.5.